The minimum absolute atomic E-state index is 0.708. The summed E-state index contributed by atoms with van der Waals surface area (Å²) in [6.45, 7) is 2.19. The van der Waals surface area contributed by atoms with E-state index in [1.165, 1.54) is 0 Å². The van der Waals surface area contributed by atoms with E-state index in [0.717, 1.165) is 41.0 Å². The SMILES string of the molecule is COCCCOCCSc1cc(N)ccc1Cl. The van der Waals surface area contributed by atoms with E-state index in [-0.39, 0.29) is 0 Å². The molecule has 0 aromatic heterocycles. The van der Waals surface area contributed by atoms with E-state index in [0.29, 0.717) is 6.61 Å². The molecule has 96 valence electrons. The summed E-state index contributed by atoms with van der Waals surface area (Å²) in [5, 5.41) is 0.739. The number of thioether (sulfide) groups is 1. The standard InChI is InChI=1S/C12H18ClNO2S/c1-15-5-2-6-16-7-8-17-12-9-10(14)3-4-11(12)13/h3-4,9H,2,5-8,14H2,1H3. The van der Waals surface area contributed by atoms with Gasteiger partial charge in [-0.25, -0.2) is 0 Å². The molecule has 1 aromatic rings. The lowest BCUT2D eigenvalue weighted by Gasteiger charge is -2.06. The first kappa shape index (κ1) is 14.6. The quantitative estimate of drug-likeness (QED) is 0.450. The number of methoxy groups -OCH3 is 1. The van der Waals surface area contributed by atoms with E-state index >= 15 is 0 Å². The highest BCUT2D eigenvalue weighted by molar-refractivity contribution is 7.99. The Morgan fingerprint density at radius 1 is 1.29 bits per heavy atom. The molecule has 0 heterocycles. The van der Waals surface area contributed by atoms with Crippen LogP contribution in [0.3, 0.4) is 0 Å². The van der Waals surface area contributed by atoms with Crippen molar-refractivity contribution in [2.24, 2.45) is 0 Å². The Morgan fingerprint density at radius 3 is 2.88 bits per heavy atom. The summed E-state index contributed by atoms with van der Waals surface area (Å²) < 4.78 is 10.4. The first-order chi connectivity index (χ1) is 8.24. The average Bonchev–Trinajstić information content (AvgIpc) is 2.32. The van der Waals surface area contributed by atoms with Crippen LogP contribution in [0.1, 0.15) is 6.42 Å². The minimum atomic E-state index is 0.708. The molecule has 1 aromatic carbocycles. The number of hydrogen-bond donors (Lipinski definition) is 1. The van der Waals surface area contributed by atoms with Crippen LogP contribution in [0.15, 0.2) is 23.1 Å². The lowest BCUT2D eigenvalue weighted by Crippen LogP contribution is -2.02. The number of anilines is 1. The summed E-state index contributed by atoms with van der Waals surface area (Å²) >= 11 is 7.70. The van der Waals surface area contributed by atoms with Crippen molar-refractivity contribution in [1.29, 1.82) is 0 Å². The molecule has 0 unspecified atom stereocenters. The van der Waals surface area contributed by atoms with Gasteiger partial charge in [-0.15, -0.1) is 11.8 Å². The lowest BCUT2D eigenvalue weighted by atomic mass is 10.3. The van der Waals surface area contributed by atoms with Gasteiger partial charge in [-0.1, -0.05) is 11.6 Å². The fourth-order valence-electron chi connectivity index (χ4n) is 1.25. The second-order valence-corrected chi connectivity index (χ2v) is 5.04. The summed E-state index contributed by atoms with van der Waals surface area (Å²) in [5.74, 6) is 0.871. The van der Waals surface area contributed by atoms with Crippen molar-refractivity contribution in [1.82, 2.24) is 0 Å². The van der Waals surface area contributed by atoms with Gasteiger partial charge in [0.15, 0.2) is 0 Å². The Balaban J connectivity index is 2.15. The highest BCUT2D eigenvalue weighted by atomic mass is 35.5. The van der Waals surface area contributed by atoms with Crippen LogP contribution in [-0.4, -0.2) is 32.7 Å². The molecular formula is C12H18ClNO2S. The van der Waals surface area contributed by atoms with E-state index in [2.05, 4.69) is 0 Å². The van der Waals surface area contributed by atoms with E-state index < -0.39 is 0 Å². The summed E-state index contributed by atoms with van der Waals surface area (Å²) in [6, 6.07) is 5.50. The van der Waals surface area contributed by atoms with Crippen molar-refractivity contribution < 1.29 is 9.47 Å². The molecule has 0 saturated carbocycles. The first-order valence-corrected chi connectivity index (χ1v) is 6.85. The molecule has 0 atom stereocenters. The highest BCUT2D eigenvalue weighted by Gasteiger charge is 2.01. The van der Waals surface area contributed by atoms with Crippen LogP contribution in [0.4, 0.5) is 5.69 Å². The molecule has 0 fully saturated rings. The van der Waals surface area contributed by atoms with Crippen LogP contribution >= 0.6 is 23.4 Å². The second-order valence-electron chi connectivity index (χ2n) is 3.50. The van der Waals surface area contributed by atoms with E-state index in [9.17, 15) is 0 Å². The number of nitrogens with two attached hydrogens (primary N) is 1. The van der Waals surface area contributed by atoms with Crippen LogP contribution in [0, 0.1) is 0 Å². The lowest BCUT2D eigenvalue weighted by molar-refractivity contribution is 0.113. The van der Waals surface area contributed by atoms with Crippen LogP contribution in [0.5, 0.6) is 0 Å². The zero-order valence-electron chi connectivity index (χ0n) is 9.95. The van der Waals surface area contributed by atoms with Gasteiger partial charge in [0.2, 0.25) is 0 Å². The van der Waals surface area contributed by atoms with Crippen molar-refractivity contribution in [2.45, 2.75) is 11.3 Å². The molecule has 0 saturated heterocycles. The maximum Gasteiger partial charge on any atom is 0.0560 e. The molecule has 0 aliphatic heterocycles. The van der Waals surface area contributed by atoms with Crippen molar-refractivity contribution in [3.8, 4) is 0 Å². The topological polar surface area (TPSA) is 44.5 Å². The predicted octanol–water partition coefficient (Wildman–Crippen LogP) is 3.07. The van der Waals surface area contributed by atoms with Gasteiger partial charge in [0.1, 0.15) is 0 Å². The molecule has 5 heteroatoms. The van der Waals surface area contributed by atoms with Gasteiger partial charge in [0.25, 0.3) is 0 Å². The Labute approximate surface area is 112 Å². The van der Waals surface area contributed by atoms with E-state index in [4.69, 9.17) is 26.8 Å². The largest absolute Gasteiger partial charge is 0.399 e. The predicted molar refractivity (Wildman–Crippen MR) is 73.9 cm³/mol. The molecule has 2 N–H and O–H groups in total. The summed E-state index contributed by atoms with van der Waals surface area (Å²) in [7, 11) is 1.69. The van der Waals surface area contributed by atoms with Crippen molar-refractivity contribution in [2.75, 3.05) is 38.4 Å². The molecular weight excluding hydrogens is 258 g/mol. The Kier molecular flexibility index (Phi) is 7.44. The molecule has 3 nitrogen and oxygen atoms in total. The Bertz CT molecular complexity index is 336. The monoisotopic (exact) mass is 275 g/mol. The molecule has 17 heavy (non-hydrogen) atoms. The van der Waals surface area contributed by atoms with Crippen LogP contribution in [0.2, 0.25) is 5.02 Å². The third kappa shape index (κ3) is 6.17. The molecule has 0 bridgehead atoms. The third-order valence-electron chi connectivity index (χ3n) is 2.08. The van der Waals surface area contributed by atoms with Gasteiger partial charge in [0.05, 0.1) is 11.6 Å². The van der Waals surface area contributed by atoms with Gasteiger partial charge in [-0.05, 0) is 24.6 Å². The van der Waals surface area contributed by atoms with Gasteiger partial charge in [0, 0.05) is 36.7 Å². The maximum absolute atomic E-state index is 6.04. The molecule has 0 aliphatic carbocycles. The van der Waals surface area contributed by atoms with Gasteiger partial charge < -0.3 is 15.2 Å². The molecule has 0 radical (unpaired) electrons. The second kappa shape index (κ2) is 8.64. The minimum Gasteiger partial charge on any atom is -0.399 e. The fraction of sp³-hybridized carbons (Fsp3) is 0.500. The molecule has 0 spiro atoms. The Hall–Kier alpha value is -0.420. The smallest absolute Gasteiger partial charge is 0.0560 e. The number of hydrogen-bond acceptors (Lipinski definition) is 4. The molecule has 0 aliphatic rings. The van der Waals surface area contributed by atoms with Crippen LogP contribution in [0.25, 0.3) is 0 Å². The summed E-state index contributed by atoms with van der Waals surface area (Å²) in [5.41, 5.74) is 6.43. The number of benzene rings is 1. The van der Waals surface area contributed by atoms with Crippen LogP contribution in [-0.2, 0) is 9.47 Å². The van der Waals surface area contributed by atoms with Crippen molar-refractivity contribution in [3.05, 3.63) is 23.2 Å². The van der Waals surface area contributed by atoms with Gasteiger partial charge >= 0.3 is 0 Å². The van der Waals surface area contributed by atoms with E-state index in [1.54, 1.807) is 24.9 Å². The Morgan fingerprint density at radius 2 is 2.12 bits per heavy atom. The molecule has 0 amide bonds. The first-order valence-electron chi connectivity index (χ1n) is 5.48. The van der Waals surface area contributed by atoms with Gasteiger partial charge in [-0.2, -0.15) is 0 Å². The zero-order chi connectivity index (χ0) is 12.5. The van der Waals surface area contributed by atoms with Crippen LogP contribution < -0.4 is 5.73 Å². The maximum atomic E-state index is 6.04. The van der Waals surface area contributed by atoms with Gasteiger partial charge in [-0.3, -0.25) is 0 Å². The average molecular weight is 276 g/mol. The highest BCUT2D eigenvalue weighted by Crippen LogP contribution is 2.28. The van der Waals surface area contributed by atoms with Crippen molar-refractivity contribution in [3.63, 3.8) is 0 Å². The third-order valence-corrected chi connectivity index (χ3v) is 3.54. The fourth-order valence-corrected chi connectivity index (χ4v) is 2.38. The molecule has 1 rings (SSSR count). The number of halogens is 1. The number of rotatable bonds is 8. The van der Waals surface area contributed by atoms with Crippen molar-refractivity contribution >= 4 is 29.1 Å². The summed E-state index contributed by atoms with van der Waals surface area (Å²) in [4.78, 5) is 1.01. The van der Waals surface area contributed by atoms with E-state index in [1.807, 2.05) is 12.1 Å². The normalized spacial score (nSPS) is 10.7. The number of ether oxygens (including phenoxy) is 2. The zero-order valence-corrected chi connectivity index (χ0v) is 11.5. The number of nitrogen functional groups attached to an aromatic ring is 1. The summed E-state index contributed by atoms with van der Waals surface area (Å²) in [6.07, 6.45) is 0.931.